The van der Waals surface area contributed by atoms with Crippen LogP contribution >= 0.6 is 0 Å². The highest BCUT2D eigenvalue weighted by Gasteiger charge is 2.17. The second-order valence-electron chi connectivity index (χ2n) is 3.88. The van der Waals surface area contributed by atoms with Crippen LogP contribution < -0.4 is 14.8 Å². The first-order chi connectivity index (χ1) is 9.24. The second kappa shape index (κ2) is 6.13. The molecule has 1 saturated heterocycles. The largest absolute Gasteiger partial charge is 0.490 e. The summed E-state index contributed by atoms with van der Waals surface area (Å²) in [6, 6.07) is 5.55. The van der Waals surface area contributed by atoms with Crippen LogP contribution in [0.25, 0.3) is 6.08 Å². The lowest BCUT2D eigenvalue weighted by Gasteiger charge is -2.11. The number of cyclic esters (lactones) is 1. The van der Waals surface area contributed by atoms with E-state index in [1.54, 1.807) is 6.08 Å². The average molecular weight is 263 g/mol. The summed E-state index contributed by atoms with van der Waals surface area (Å²) in [6.07, 6.45) is 1.73. The predicted molar refractivity (Wildman–Crippen MR) is 70.9 cm³/mol. The van der Waals surface area contributed by atoms with Gasteiger partial charge in [-0.05, 0) is 37.6 Å². The molecule has 102 valence electrons. The van der Waals surface area contributed by atoms with E-state index in [2.05, 4.69) is 5.32 Å². The number of carbonyl (C=O) groups excluding carboxylic acids is 1. The summed E-state index contributed by atoms with van der Waals surface area (Å²) in [5.74, 6) is 1.03. The van der Waals surface area contributed by atoms with Crippen molar-refractivity contribution in [2.24, 2.45) is 0 Å². The molecular weight excluding hydrogens is 246 g/mol. The first kappa shape index (κ1) is 13.3. The molecule has 0 bridgehead atoms. The third-order valence-electron chi connectivity index (χ3n) is 2.56. The molecule has 0 radical (unpaired) electrons. The normalized spacial score (nSPS) is 16.1. The third-order valence-corrected chi connectivity index (χ3v) is 2.56. The van der Waals surface area contributed by atoms with Gasteiger partial charge in [0.15, 0.2) is 18.2 Å². The molecule has 0 amide bonds. The molecule has 2 rings (SSSR count). The lowest BCUT2D eigenvalue weighted by Crippen LogP contribution is -2.06. The van der Waals surface area contributed by atoms with Gasteiger partial charge in [-0.1, -0.05) is 6.07 Å². The quantitative estimate of drug-likeness (QED) is 0.650. The first-order valence-corrected chi connectivity index (χ1v) is 6.27. The van der Waals surface area contributed by atoms with Gasteiger partial charge in [-0.15, -0.1) is 0 Å². The zero-order valence-electron chi connectivity index (χ0n) is 11.1. The molecule has 1 aliphatic rings. The fourth-order valence-electron chi connectivity index (χ4n) is 1.76. The molecular formula is C14H17NO4. The molecule has 0 saturated carbocycles. The summed E-state index contributed by atoms with van der Waals surface area (Å²) in [4.78, 5) is 11.3. The summed E-state index contributed by atoms with van der Waals surface area (Å²) in [5.41, 5.74) is 1.31. The highest BCUT2D eigenvalue weighted by molar-refractivity contribution is 5.94. The van der Waals surface area contributed by atoms with Crippen LogP contribution in [-0.2, 0) is 9.53 Å². The lowest BCUT2D eigenvalue weighted by atomic mass is 10.1. The Bertz CT molecular complexity index is 496. The van der Waals surface area contributed by atoms with Crippen molar-refractivity contribution in [2.75, 3.05) is 19.9 Å². The Kier molecular flexibility index (Phi) is 4.28. The molecule has 5 nitrogen and oxygen atoms in total. The molecule has 1 N–H and O–H groups in total. The summed E-state index contributed by atoms with van der Waals surface area (Å²) in [5, 5.41) is 2.86. The number of ether oxygens (including phenoxy) is 3. The van der Waals surface area contributed by atoms with E-state index in [4.69, 9.17) is 14.2 Å². The van der Waals surface area contributed by atoms with Gasteiger partial charge < -0.3 is 19.5 Å². The zero-order chi connectivity index (χ0) is 13.7. The van der Waals surface area contributed by atoms with Crippen LogP contribution in [0.1, 0.15) is 19.4 Å². The summed E-state index contributed by atoms with van der Waals surface area (Å²) in [7, 11) is 0. The minimum Gasteiger partial charge on any atom is -0.490 e. The van der Waals surface area contributed by atoms with Crippen molar-refractivity contribution in [3.05, 3.63) is 29.5 Å². The Morgan fingerprint density at radius 2 is 2.00 bits per heavy atom. The monoisotopic (exact) mass is 263 g/mol. The molecule has 19 heavy (non-hydrogen) atoms. The lowest BCUT2D eigenvalue weighted by molar-refractivity contribution is -0.135. The number of hydrogen-bond donors (Lipinski definition) is 1. The molecule has 1 heterocycles. The van der Waals surface area contributed by atoms with Crippen LogP contribution in [0.2, 0.25) is 0 Å². The van der Waals surface area contributed by atoms with Crippen LogP contribution in [0.3, 0.4) is 0 Å². The summed E-state index contributed by atoms with van der Waals surface area (Å²) >= 11 is 0. The molecule has 0 unspecified atom stereocenters. The number of nitrogens with one attached hydrogen (secondary N) is 1. The van der Waals surface area contributed by atoms with Gasteiger partial charge in [-0.3, -0.25) is 0 Å². The van der Waals surface area contributed by atoms with Crippen LogP contribution in [0.5, 0.6) is 11.5 Å². The van der Waals surface area contributed by atoms with Gasteiger partial charge in [-0.25, -0.2) is 4.79 Å². The first-order valence-electron chi connectivity index (χ1n) is 6.27. The number of benzene rings is 1. The molecule has 0 aromatic heterocycles. The summed E-state index contributed by atoms with van der Waals surface area (Å²) in [6.45, 7) is 5.19. The van der Waals surface area contributed by atoms with E-state index in [0.717, 1.165) is 5.56 Å². The smallest absolute Gasteiger partial charge is 0.356 e. The van der Waals surface area contributed by atoms with Gasteiger partial charge in [0.1, 0.15) is 5.70 Å². The fraction of sp³-hybridized carbons (Fsp3) is 0.357. The van der Waals surface area contributed by atoms with Crippen molar-refractivity contribution >= 4 is 12.0 Å². The number of esters is 1. The minimum atomic E-state index is -0.341. The van der Waals surface area contributed by atoms with Crippen LogP contribution in [0.15, 0.2) is 23.9 Å². The van der Waals surface area contributed by atoms with Gasteiger partial charge in [0.2, 0.25) is 0 Å². The molecule has 0 atom stereocenters. The maximum Gasteiger partial charge on any atom is 0.356 e. The summed E-state index contributed by atoms with van der Waals surface area (Å²) < 4.78 is 15.8. The van der Waals surface area contributed by atoms with E-state index in [9.17, 15) is 4.79 Å². The van der Waals surface area contributed by atoms with Crippen molar-refractivity contribution in [1.29, 1.82) is 0 Å². The van der Waals surface area contributed by atoms with Crippen molar-refractivity contribution in [2.45, 2.75) is 13.8 Å². The SMILES string of the molecule is CCOc1ccc(/C=C2\NCOC2=O)cc1OCC. The van der Waals surface area contributed by atoms with Gasteiger partial charge in [0.25, 0.3) is 0 Å². The van der Waals surface area contributed by atoms with Crippen LogP contribution in [-0.4, -0.2) is 25.9 Å². The van der Waals surface area contributed by atoms with Crippen molar-refractivity contribution < 1.29 is 19.0 Å². The van der Waals surface area contributed by atoms with Crippen molar-refractivity contribution in [1.82, 2.24) is 5.32 Å². The number of rotatable bonds is 5. The molecule has 5 heteroatoms. The molecule has 1 fully saturated rings. The Hall–Kier alpha value is -2.17. The number of carbonyl (C=O) groups is 1. The van der Waals surface area contributed by atoms with Crippen molar-refractivity contribution in [3.63, 3.8) is 0 Å². The topological polar surface area (TPSA) is 56.8 Å². The van der Waals surface area contributed by atoms with Crippen LogP contribution in [0, 0.1) is 0 Å². The van der Waals surface area contributed by atoms with Gasteiger partial charge in [0, 0.05) is 0 Å². The van der Waals surface area contributed by atoms with E-state index >= 15 is 0 Å². The highest BCUT2D eigenvalue weighted by Crippen LogP contribution is 2.29. The predicted octanol–water partition coefficient (Wildman–Crippen LogP) is 1.93. The van der Waals surface area contributed by atoms with E-state index in [1.165, 1.54) is 0 Å². The average Bonchev–Trinajstić information content (AvgIpc) is 2.79. The number of hydrogen-bond acceptors (Lipinski definition) is 5. The zero-order valence-corrected chi connectivity index (χ0v) is 11.1. The maximum absolute atomic E-state index is 11.3. The minimum absolute atomic E-state index is 0.222. The maximum atomic E-state index is 11.3. The van der Waals surface area contributed by atoms with Crippen LogP contribution in [0.4, 0.5) is 0 Å². The van der Waals surface area contributed by atoms with E-state index < -0.39 is 0 Å². The molecule has 0 spiro atoms. The standard InChI is InChI=1S/C14H17NO4/c1-3-17-12-6-5-10(8-13(12)18-4-2)7-11-14(16)19-9-15-11/h5-8,15H,3-4,9H2,1-2H3/b11-7-. The Morgan fingerprint density at radius 1 is 1.26 bits per heavy atom. The molecule has 1 aliphatic heterocycles. The Balaban J connectivity index is 2.27. The van der Waals surface area contributed by atoms with Gasteiger partial charge in [0.05, 0.1) is 13.2 Å². The van der Waals surface area contributed by atoms with Gasteiger partial charge in [-0.2, -0.15) is 0 Å². The molecule has 1 aromatic rings. The fourth-order valence-corrected chi connectivity index (χ4v) is 1.76. The van der Waals surface area contributed by atoms with Gasteiger partial charge >= 0.3 is 5.97 Å². The highest BCUT2D eigenvalue weighted by atomic mass is 16.6. The Labute approximate surface area is 112 Å². The van der Waals surface area contributed by atoms with Crippen molar-refractivity contribution in [3.8, 4) is 11.5 Å². The van der Waals surface area contributed by atoms with E-state index in [1.807, 2.05) is 32.0 Å². The Morgan fingerprint density at radius 3 is 2.63 bits per heavy atom. The molecule has 1 aromatic carbocycles. The molecule has 0 aliphatic carbocycles. The van der Waals surface area contributed by atoms with E-state index in [-0.39, 0.29) is 12.7 Å². The second-order valence-corrected chi connectivity index (χ2v) is 3.88. The van der Waals surface area contributed by atoms with E-state index in [0.29, 0.717) is 30.4 Å². The third kappa shape index (κ3) is 3.19.